The van der Waals surface area contributed by atoms with Crippen molar-refractivity contribution in [2.75, 3.05) is 19.7 Å². The monoisotopic (exact) mass is 145 g/mol. The first-order chi connectivity index (χ1) is 4.79. The van der Waals surface area contributed by atoms with E-state index in [0.29, 0.717) is 0 Å². The van der Waals surface area contributed by atoms with Gasteiger partial charge in [0.25, 0.3) is 0 Å². The predicted molar refractivity (Wildman–Crippen MR) is 39.9 cm³/mol. The number of hydrogen-bond donors (Lipinski definition) is 1. The van der Waals surface area contributed by atoms with Crippen molar-refractivity contribution in [3.05, 3.63) is 0 Å². The minimum absolute atomic E-state index is 0.0782. The standard InChI is InChI=1S/C7H15NO2/c1-3-8(4-2)7(5-9)6-10/h5,7,10H,3-4,6H2,1-2H3. The van der Waals surface area contributed by atoms with Gasteiger partial charge in [-0.2, -0.15) is 0 Å². The topological polar surface area (TPSA) is 40.5 Å². The maximum absolute atomic E-state index is 10.3. The normalized spacial score (nSPS) is 13.6. The van der Waals surface area contributed by atoms with E-state index in [2.05, 4.69) is 0 Å². The third kappa shape index (κ3) is 2.45. The molecular formula is C7H15NO2. The second kappa shape index (κ2) is 5.38. The lowest BCUT2D eigenvalue weighted by Crippen LogP contribution is -2.38. The number of nitrogens with zero attached hydrogens (tertiary/aromatic N) is 1. The Balaban J connectivity index is 3.81. The Labute approximate surface area is 61.6 Å². The molecule has 0 saturated carbocycles. The maximum Gasteiger partial charge on any atom is 0.139 e. The molecule has 0 heterocycles. The van der Waals surface area contributed by atoms with Gasteiger partial charge < -0.3 is 9.90 Å². The number of carbonyl (C=O) groups excluding carboxylic acids is 1. The summed E-state index contributed by atoms with van der Waals surface area (Å²) in [7, 11) is 0. The molecule has 60 valence electrons. The summed E-state index contributed by atoms with van der Waals surface area (Å²) in [5.74, 6) is 0. The number of carbonyl (C=O) groups is 1. The number of aliphatic hydroxyl groups excluding tert-OH is 1. The first kappa shape index (κ1) is 9.59. The average Bonchev–Trinajstić information content (AvgIpc) is 2.00. The SMILES string of the molecule is CCN(CC)C(C=O)CO. The summed E-state index contributed by atoms with van der Waals surface area (Å²) in [6, 6.07) is -0.310. The molecule has 3 heteroatoms. The molecule has 0 rings (SSSR count). The molecule has 0 aromatic heterocycles. The van der Waals surface area contributed by atoms with E-state index in [1.54, 1.807) is 0 Å². The molecule has 1 unspecified atom stereocenters. The Bertz CT molecular complexity index is 91.6. The largest absolute Gasteiger partial charge is 0.394 e. The van der Waals surface area contributed by atoms with Crippen LogP contribution >= 0.6 is 0 Å². The zero-order valence-electron chi connectivity index (χ0n) is 6.58. The smallest absolute Gasteiger partial charge is 0.139 e. The van der Waals surface area contributed by atoms with Crippen molar-refractivity contribution in [1.82, 2.24) is 4.90 Å². The molecule has 0 radical (unpaired) electrons. The zero-order chi connectivity index (χ0) is 7.98. The highest BCUT2D eigenvalue weighted by Crippen LogP contribution is 1.93. The van der Waals surface area contributed by atoms with E-state index in [-0.39, 0.29) is 12.6 Å². The summed E-state index contributed by atoms with van der Waals surface area (Å²) >= 11 is 0. The van der Waals surface area contributed by atoms with Crippen LogP contribution in [0.15, 0.2) is 0 Å². The van der Waals surface area contributed by atoms with Crippen LogP contribution in [0.25, 0.3) is 0 Å². The van der Waals surface area contributed by atoms with Gasteiger partial charge in [-0.1, -0.05) is 13.8 Å². The van der Waals surface area contributed by atoms with Crippen molar-refractivity contribution in [1.29, 1.82) is 0 Å². The average molecular weight is 145 g/mol. The van der Waals surface area contributed by atoms with Gasteiger partial charge in [0.1, 0.15) is 6.29 Å². The quantitative estimate of drug-likeness (QED) is 0.549. The Morgan fingerprint density at radius 1 is 1.50 bits per heavy atom. The molecule has 1 N–H and O–H groups in total. The minimum Gasteiger partial charge on any atom is -0.394 e. The molecule has 0 spiro atoms. The third-order valence-electron chi connectivity index (χ3n) is 1.63. The lowest BCUT2D eigenvalue weighted by Gasteiger charge is -2.22. The van der Waals surface area contributed by atoms with E-state index in [0.717, 1.165) is 19.4 Å². The molecule has 0 aliphatic rings. The maximum atomic E-state index is 10.3. The van der Waals surface area contributed by atoms with Crippen molar-refractivity contribution in [3.8, 4) is 0 Å². The first-order valence-corrected chi connectivity index (χ1v) is 3.60. The Hall–Kier alpha value is -0.410. The third-order valence-corrected chi connectivity index (χ3v) is 1.63. The second-order valence-electron chi connectivity index (χ2n) is 2.11. The number of rotatable bonds is 5. The van der Waals surface area contributed by atoms with Gasteiger partial charge in [-0.15, -0.1) is 0 Å². The number of hydrogen-bond acceptors (Lipinski definition) is 3. The molecule has 10 heavy (non-hydrogen) atoms. The fourth-order valence-corrected chi connectivity index (χ4v) is 0.937. The molecule has 3 nitrogen and oxygen atoms in total. The van der Waals surface area contributed by atoms with Gasteiger partial charge in [0.05, 0.1) is 12.6 Å². The van der Waals surface area contributed by atoms with Crippen LogP contribution in [0, 0.1) is 0 Å². The molecule has 0 aliphatic carbocycles. The molecule has 0 amide bonds. The molecule has 0 aliphatic heterocycles. The van der Waals surface area contributed by atoms with Gasteiger partial charge in [-0.25, -0.2) is 0 Å². The second-order valence-corrected chi connectivity index (χ2v) is 2.11. The molecular weight excluding hydrogens is 130 g/mol. The van der Waals surface area contributed by atoms with Gasteiger partial charge in [-0.05, 0) is 13.1 Å². The lowest BCUT2D eigenvalue weighted by molar-refractivity contribution is -0.113. The van der Waals surface area contributed by atoms with Crippen molar-refractivity contribution in [2.45, 2.75) is 19.9 Å². The van der Waals surface area contributed by atoms with Gasteiger partial charge >= 0.3 is 0 Å². The van der Waals surface area contributed by atoms with Crippen LogP contribution < -0.4 is 0 Å². The predicted octanol–water partition coefficient (Wildman–Crippen LogP) is -0.112. The lowest BCUT2D eigenvalue weighted by atomic mass is 10.3. The van der Waals surface area contributed by atoms with Crippen LogP contribution in [0.1, 0.15) is 13.8 Å². The molecule has 0 bridgehead atoms. The summed E-state index contributed by atoms with van der Waals surface area (Å²) in [5, 5.41) is 8.69. The van der Waals surface area contributed by atoms with Crippen molar-refractivity contribution >= 4 is 6.29 Å². The summed E-state index contributed by atoms with van der Waals surface area (Å²) in [5.41, 5.74) is 0. The summed E-state index contributed by atoms with van der Waals surface area (Å²) in [6.07, 6.45) is 0.785. The van der Waals surface area contributed by atoms with E-state index >= 15 is 0 Å². The summed E-state index contributed by atoms with van der Waals surface area (Å²) in [4.78, 5) is 12.2. The fraction of sp³-hybridized carbons (Fsp3) is 0.857. The van der Waals surface area contributed by atoms with E-state index in [1.807, 2.05) is 18.7 Å². The van der Waals surface area contributed by atoms with Crippen LogP contribution in [0.4, 0.5) is 0 Å². The van der Waals surface area contributed by atoms with Crippen LogP contribution in [0.3, 0.4) is 0 Å². The molecule has 0 saturated heterocycles. The first-order valence-electron chi connectivity index (χ1n) is 3.60. The van der Waals surface area contributed by atoms with Gasteiger partial charge in [0.15, 0.2) is 0 Å². The Kier molecular flexibility index (Phi) is 5.16. The van der Waals surface area contributed by atoms with Crippen LogP contribution in [-0.4, -0.2) is 42.0 Å². The Morgan fingerprint density at radius 3 is 2.10 bits per heavy atom. The van der Waals surface area contributed by atoms with Crippen molar-refractivity contribution < 1.29 is 9.90 Å². The van der Waals surface area contributed by atoms with Crippen molar-refractivity contribution in [2.24, 2.45) is 0 Å². The highest BCUT2D eigenvalue weighted by Gasteiger charge is 2.11. The Morgan fingerprint density at radius 2 is 2.00 bits per heavy atom. The van der Waals surface area contributed by atoms with E-state index < -0.39 is 0 Å². The number of aldehydes is 1. The van der Waals surface area contributed by atoms with Crippen LogP contribution in [0.2, 0.25) is 0 Å². The zero-order valence-corrected chi connectivity index (χ0v) is 6.58. The molecule has 1 atom stereocenters. The van der Waals surface area contributed by atoms with Crippen LogP contribution in [0.5, 0.6) is 0 Å². The van der Waals surface area contributed by atoms with Crippen molar-refractivity contribution in [3.63, 3.8) is 0 Å². The number of likely N-dealkylation sites (N-methyl/N-ethyl adjacent to an activating group) is 1. The van der Waals surface area contributed by atoms with Gasteiger partial charge in [0.2, 0.25) is 0 Å². The fourth-order valence-electron chi connectivity index (χ4n) is 0.937. The molecule has 0 fully saturated rings. The molecule has 0 aromatic rings. The summed E-state index contributed by atoms with van der Waals surface area (Å²) < 4.78 is 0. The van der Waals surface area contributed by atoms with E-state index in [9.17, 15) is 4.79 Å². The minimum atomic E-state index is -0.310. The van der Waals surface area contributed by atoms with Gasteiger partial charge in [-0.3, -0.25) is 4.90 Å². The summed E-state index contributed by atoms with van der Waals surface area (Å²) in [6.45, 7) is 5.47. The van der Waals surface area contributed by atoms with E-state index in [1.165, 1.54) is 0 Å². The van der Waals surface area contributed by atoms with Crippen LogP contribution in [-0.2, 0) is 4.79 Å². The van der Waals surface area contributed by atoms with E-state index in [4.69, 9.17) is 5.11 Å². The molecule has 0 aromatic carbocycles. The highest BCUT2D eigenvalue weighted by molar-refractivity contribution is 5.57. The van der Waals surface area contributed by atoms with Gasteiger partial charge in [0, 0.05) is 0 Å². The number of aliphatic hydroxyl groups is 1. The highest BCUT2D eigenvalue weighted by atomic mass is 16.3.